The Kier molecular flexibility index (Phi) is 5.32. The van der Waals surface area contributed by atoms with Gasteiger partial charge in [0.1, 0.15) is 6.61 Å². The quantitative estimate of drug-likeness (QED) is 0.589. The molecule has 2 amide bonds. The average Bonchev–Trinajstić information content (AvgIpc) is 2.90. The molecule has 0 unspecified atom stereocenters. The molecule has 0 aromatic heterocycles. The molecule has 0 bridgehead atoms. The highest BCUT2D eigenvalue weighted by Gasteiger charge is 2.26. The number of carbonyl (C=O) groups is 2. The number of nitrogens with zero attached hydrogens (tertiary/aromatic N) is 1. The van der Waals surface area contributed by atoms with Crippen LogP contribution in [-0.4, -0.2) is 36.7 Å². The van der Waals surface area contributed by atoms with E-state index in [1.165, 1.54) is 6.08 Å². The Balaban J connectivity index is 1.62. The molecule has 1 aliphatic rings. The fraction of sp³-hybridized carbons (Fsp3) is 0.333. The second-order valence-electron chi connectivity index (χ2n) is 4.33. The zero-order valence-electron chi connectivity index (χ0n) is 11.2. The number of carbonyl (C=O) groups excluding carboxylic acids is 2. The number of benzene rings is 1. The van der Waals surface area contributed by atoms with Crippen LogP contribution in [0.5, 0.6) is 0 Å². The molecule has 0 aliphatic carbocycles. The van der Waals surface area contributed by atoms with Gasteiger partial charge in [-0.05, 0) is 18.1 Å². The predicted octanol–water partition coefficient (Wildman–Crippen LogP) is 2.13. The van der Waals surface area contributed by atoms with Crippen LogP contribution in [-0.2, 0) is 20.9 Å². The van der Waals surface area contributed by atoms with E-state index in [1.54, 1.807) is 6.08 Å². The molecule has 0 radical (unpaired) electrons. The summed E-state index contributed by atoms with van der Waals surface area (Å²) in [6.45, 7) is 1.69. The zero-order valence-corrected chi connectivity index (χ0v) is 11.2. The summed E-state index contributed by atoms with van der Waals surface area (Å²) in [6.07, 6.45) is 3.15. The predicted molar refractivity (Wildman–Crippen MR) is 72.9 cm³/mol. The van der Waals surface area contributed by atoms with Crippen LogP contribution in [0.15, 0.2) is 42.5 Å². The van der Waals surface area contributed by atoms with E-state index in [4.69, 9.17) is 4.74 Å². The van der Waals surface area contributed by atoms with Gasteiger partial charge < -0.3 is 9.47 Å². The molecule has 2 rings (SSSR count). The first-order valence-corrected chi connectivity index (χ1v) is 6.54. The summed E-state index contributed by atoms with van der Waals surface area (Å²) in [5.41, 5.74) is 1.12. The normalized spacial score (nSPS) is 14.8. The van der Waals surface area contributed by atoms with Gasteiger partial charge in [-0.2, -0.15) is 0 Å². The van der Waals surface area contributed by atoms with Crippen molar-refractivity contribution in [2.24, 2.45) is 0 Å². The van der Waals surface area contributed by atoms with Crippen LogP contribution in [0.2, 0.25) is 0 Å². The van der Waals surface area contributed by atoms with E-state index in [1.807, 2.05) is 30.3 Å². The molecule has 106 valence electrons. The van der Waals surface area contributed by atoms with Crippen LogP contribution in [0.25, 0.3) is 0 Å². The molecule has 0 saturated carbocycles. The van der Waals surface area contributed by atoms with Crippen molar-refractivity contribution in [3.8, 4) is 0 Å². The van der Waals surface area contributed by atoms with E-state index in [0.717, 1.165) is 10.5 Å². The highest BCUT2D eigenvalue weighted by Crippen LogP contribution is 2.04. The van der Waals surface area contributed by atoms with Gasteiger partial charge in [-0.15, -0.1) is 0 Å². The SMILES string of the molecule is O=C(/C=C/CCOCc1ccccc1)N1CCOC1=O. The molecule has 1 heterocycles. The lowest BCUT2D eigenvalue weighted by atomic mass is 10.2. The van der Waals surface area contributed by atoms with Gasteiger partial charge in [-0.25, -0.2) is 9.69 Å². The highest BCUT2D eigenvalue weighted by atomic mass is 16.6. The van der Waals surface area contributed by atoms with Crippen LogP contribution < -0.4 is 0 Å². The Morgan fingerprint density at radius 1 is 1.35 bits per heavy atom. The van der Waals surface area contributed by atoms with Gasteiger partial charge in [0.2, 0.25) is 0 Å². The first-order chi connectivity index (χ1) is 9.77. The lowest BCUT2D eigenvalue weighted by molar-refractivity contribution is -0.122. The first-order valence-electron chi connectivity index (χ1n) is 6.54. The molecule has 1 aliphatic heterocycles. The molecular weight excluding hydrogens is 258 g/mol. The summed E-state index contributed by atoms with van der Waals surface area (Å²) in [4.78, 5) is 23.8. The zero-order chi connectivity index (χ0) is 14.2. The molecule has 0 spiro atoms. The molecule has 5 nitrogen and oxygen atoms in total. The number of amides is 2. The molecule has 5 heteroatoms. The molecule has 1 aromatic carbocycles. The number of imide groups is 1. The third-order valence-corrected chi connectivity index (χ3v) is 2.83. The lowest BCUT2D eigenvalue weighted by Crippen LogP contribution is -2.29. The van der Waals surface area contributed by atoms with Gasteiger partial charge in [0.05, 0.1) is 19.8 Å². The Morgan fingerprint density at radius 2 is 2.15 bits per heavy atom. The highest BCUT2D eigenvalue weighted by molar-refractivity contribution is 5.99. The summed E-state index contributed by atoms with van der Waals surface area (Å²) >= 11 is 0. The Bertz CT molecular complexity index is 484. The van der Waals surface area contributed by atoms with Gasteiger partial charge in [-0.1, -0.05) is 36.4 Å². The van der Waals surface area contributed by atoms with Gasteiger partial charge in [0, 0.05) is 0 Å². The minimum Gasteiger partial charge on any atom is -0.447 e. The van der Waals surface area contributed by atoms with Crippen LogP contribution in [0.4, 0.5) is 4.79 Å². The second kappa shape index (κ2) is 7.45. The summed E-state index contributed by atoms with van der Waals surface area (Å²) < 4.78 is 10.2. The number of hydrogen-bond acceptors (Lipinski definition) is 4. The third-order valence-electron chi connectivity index (χ3n) is 2.83. The molecule has 0 N–H and O–H groups in total. The maximum atomic E-state index is 11.6. The maximum Gasteiger partial charge on any atom is 0.416 e. The van der Waals surface area contributed by atoms with Crippen LogP contribution in [0, 0.1) is 0 Å². The fourth-order valence-electron chi connectivity index (χ4n) is 1.78. The first kappa shape index (κ1) is 14.3. The molecule has 20 heavy (non-hydrogen) atoms. The number of hydrogen-bond donors (Lipinski definition) is 0. The molecule has 0 atom stereocenters. The van der Waals surface area contributed by atoms with Crippen LogP contribution >= 0.6 is 0 Å². The largest absolute Gasteiger partial charge is 0.447 e. The van der Waals surface area contributed by atoms with Gasteiger partial charge in [0.15, 0.2) is 0 Å². The topological polar surface area (TPSA) is 55.8 Å². The lowest BCUT2D eigenvalue weighted by Gasteiger charge is -2.06. The van der Waals surface area contributed by atoms with Crippen molar-refractivity contribution in [2.45, 2.75) is 13.0 Å². The van der Waals surface area contributed by atoms with Gasteiger partial charge in [0.25, 0.3) is 5.91 Å². The second-order valence-corrected chi connectivity index (χ2v) is 4.33. The number of ether oxygens (including phenoxy) is 2. The van der Waals surface area contributed by atoms with Crippen molar-refractivity contribution in [1.82, 2.24) is 4.90 Å². The maximum absolute atomic E-state index is 11.6. The van der Waals surface area contributed by atoms with E-state index < -0.39 is 6.09 Å². The van der Waals surface area contributed by atoms with E-state index in [2.05, 4.69) is 4.74 Å². The van der Waals surface area contributed by atoms with Crippen molar-refractivity contribution >= 4 is 12.0 Å². The standard InChI is InChI=1S/C15H17NO4/c17-14(16-9-11-20-15(16)18)8-4-5-10-19-12-13-6-2-1-3-7-13/h1-4,6-8H,5,9-12H2/b8-4+. The van der Waals surface area contributed by atoms with E-state index >= 15 is 0 Å². The Hall–Kier alpha value is -2.14. The van der Waals surface area contributed by atoms with Gasteiger partial charge >= 0.3 is 6.09 Å². The monoisotopic (exact) mass is 275 g/mol. The van der Waals surface area contributed by atoms with E-state index in [-0.39, 0.29) is 12.5 Å². The molecular formula is C15H17NO4. The van der Waals surface area contributed by atoms with Crippen molar-refractivity contribution in [3.05, 3.63) is 48.0 Å². The minimum atomic E-state index is -0.569. The number of rotatable bonds is 6. The fourth-order valence-corrected chi connectivity index (χ4v) is 1.78. The summed E-state index contributed by atoms with van der Waals surface area (Å²) in [5.74, 6) is -0.337. The number of cyclic esters (lactones) is 1. The van der Waals surface area contributed by atoms with Crippen molar-refractivity contribution in [1.29, 1.82) is 0 Å². The minimum absolute atomic E-state index is 0.276. The Morgan fingerprint density at radius 3 is 2.85 bits per heavy atom. The van der Waals surface area contributed by atoms with Crippen molar-refractivity contribution < 1.29 is 19.1 Å². The Labute approximate surface area is 117 Å². The van der Waals surface area contributed by atoms with E-state index in [9.17, 15) is 9.59 Å². The molecule has 1 fully saturated rings. The van der Waals surface area contributed by atoms with E-state index in [0.29, 0.717) is 26.2 Å². The third kappa shape index (κ3) is 4.20. The average molecular weight is 275 g/mol. The van der Waals surface area contributed by atoms with Gasteiger partial charge in [-0.3, -0.25) is 4.79 Å². The molecule has 1 saturated heterocycles. The summed E-state index contributed by atoms with van der Waals surface area (Å²) in [7, 11) is 0. The smallest absolute Gasteiger partial charge is 0.416 e. The van der Waals surface area contributed by atoms with Crippen molar-refractivity contribution in [3.63, 3.8) is 0 Å². The molecule has 1 aromatic rings. The summed E-state index contributed by atoms with van der Waals surface area (Å²) in [6, 6.07) is 9.89. The van der Waals surface area contributed by atoms with Crippen molar-refractivity contribution in [2.75, 3.05) is 19.8 Å². The summed E-state index contributed by atoms with van der Waals surface area (Å²) in [5, 5.41) is 0. The van der Waals surface area contributed by atoms with Crippen LogP contribution in [0.3, 0.4) is 0 Å². The van der Waals surface area contributed by atoms with Crippen LogP contribution in [0.1, 0.15) is 12.0 Å².